The van der Waals surface area contributed by atoms with Gasteiger partial charge in [0.2, 0.25) is 0 Å². The minimum absolute atomic E-state index is 0.402. The van der Waals surface area contributed by atoms with Crippen LogP contribution in [0.25, 0.3) is 55.0 Å². The third kappa shape index (κ3) is 3.49. The molecule has 0 amide bonds. The van der Waals surface area contributed by atoms with Crippen LogP contribution in [0.5, 0.6) is 0 Å². The van der Waals surface area contributed by atoms with E-state index in [2.05, 4.69) is 152 Å². The smallest absolute Gasteiger partial charge is 0.399 e. The van der Waals surface area contributed by atoms with Crippen molar-refractivity contribution in [2.75, 3.05) is 0 Å². The van der Waals surface area contributed by atoms with Crippen molar-refractivity contribution in [1.82, 2.24) is 9.13 Å². The fraction of sp³-hybridized carbons (Fsp3) is 0.167. The number of hydrogen-bond donors (Lipinski definition) is 0. The topological polar surface area (TPSA) is 28.3 Å². The van der Waals surface area contributed by atoms with Gasteiger partial charge in [0.15, 0.2) is 0 Å². The Hall–Kier alpha value is -4.32. The molecular formula is C36H31BN2O2. The fourth-order valence-corrected chi connectivity index (χ4v) is 6.42. The lowest BCUT2D eigenvalue weighted by Gasteiger charge is -2.32. The highest BCUT2D eigenvalue weighted by Crippen LogP contribution is 2.42. The largest absolute Gasteiger partial charge is 0.494 e. The van der Waals surface area contributed by atoms with E-state index >= 15 is 0 Å². The van der Waals surface area contributed by atoms with Gasteiger partial charge in [0.05, 0.1) is 33.3 Å². The van der Waals surface area contributed by atoms with E-state index in [1.165, 1.54) is 38.1 Å². The van der Waals surface area contributed by atoms with E-state index in [-0.39, 0.29) is 0 Å². The average molecular weight is 534 g/mol. The number of fused-ring (bicyclic) bond motifs is 7. The average Bonchev–Trinajstić information content (AvgIpc) is 3.57. The predicted octanol–water partition coefficient (Wildman–Crippen LogP) is 8.18. The molecule has 5 heteroatoms. The highest BCUT2D eigenvalue weighted by Gasteiger charge is 2.51. The summed E-state index contributed by atoms with van der Waals surface area (Å²) in [5, 5.41) is 4.93. The maximum atomic E-state index is 6.49. The van der Waals surface area contributed by atoms with E-state index in [0.29, 0.717) is 0 Å². The Bertz CT molecular complexity index is 2090. The Morgan fingerprint density at radius 3 is 1.54 bits per heavy atom. The lowest BCUT2D eigenvalue weighted by Crippen LogP contribution is -2.41. The van der Waals surface area contributed by atoms with Crippen molar-refractivity contribution in [3.8, 4) is 11.4 Å². The van der Waals surface area contributed by atoms with Gasteiger partial charge in [-0.25, -0.2) is 0 Å². The summed E-state index contributed by atoms with van der Waals surface area (Å²) in [6.45, 7) is 8.42. The molecule has 0 radical (unpaired) electrons. The van der Waals surface area contributed by atoms with Crippen LogP contribution in [0, 0.1) is 0 Å². The molecule has 0 bridgehead atoms. The van der Waals surface area contributed by atoms with Crippen LogP contribution in [0.2, 0.25) is 0 Å². The van der Waals surface area contributed by atoms with E-state index in [0.717, 1.165) is 22.4 Å². The van der Waals surface area contributed by atoms with Crippen molar-refractivity contribution >= 4 is 56.2 Å². The van der Waals surface area contributed by atoms with Gasteiger partial charge >= 0.3 is 7.12 Å². The molecule has 5 aromatic carbocycles. The summed E-state index contributed by atoms with van der Waals surface area (Å²) in [6, 6.07) is 41.2. The Morgan fingerprint density at radius 1 is 0.488 bits per heavy atom. The highest BCUT2D eigenvalue weighted by molar-refractivity contribution is 6.62. The quantitative estimate of drug-likeness (QED) is 0.214. The van der Waals surface area contributed by atoms with Gasteiger partial charge in [-0.3, -0.25) is 0 Å². The third-order valence-electron chi connectivity index (χ3n) is 9.14. The van der Waals surface area contributed by atoms with Crippen molar-refractivity contribution in [3.05, 3.63) is 115 Å². The summed E-state index contributed by atoms with van der Waals surface area (Å²) in [5.74, 6) is 0. The Labute approximate surface area is 239 Å². The lowest BCUT2D eigenvalue weighted by atomic mass is 9.78. The molecule has 0 saturated carbocycles. The second-order valence-corrected chi connectivity index (χ2v) is 12.1. The van der Waals surface area contributed by atoms with E-state index in [1.807, 2.05) is 0 Å². The molecule has 1 saturated heterocycles. The first-order valence-electron chi connectivity index (χ1n) is 14.3. The number of nitrogens with zero attached hydrogens (tertiary/aromatic N) is 2. The van der Waals surface area contributed by atoms with Gasteiger partial charge in [0, 0.05) is 32.9 Å². The van der Waals surface area contributed by atoms with Gasteiger partial charge < -0.3 is 18.4 Å². The minimum atomic E-state index is -0.426. The van der Waals surface area contributed by atoms with Crippen LogP contribution in [0.1, 0.15) is 27.7 Å². The van der Waals surface area contributed by atoms with Crippen molar-refractivity contribution in [2.45, 2.75) is 38.9 Å². The van der Waals surface area contributed by atoms with E-state index in [9.17, 15) is 0 Å². The van der Waals surface area contributed by atoms with Gasteiger partial charge in [0.1, 0.15) is 0 Å². The molecule has 1 aliphatic heterocycles. The Morgan fingerprint density at radius 2 is 0.951 bits per heavy atom. The number of aromatic nitrogens is 2. The van der Waals surface area contributed by atoms with Crippen molar-refractivity contribution in [3.63, 3.8) is 0 Å². The first kappa shape index (κ1) is 24.5. The summed E-state index contributed by atoms with van der Waals surface area (Å²) >= 11 is 0. The van der Waals surface area contributed by atoms with Crippen molar-refractivity contribution in [1.29, 1.82) is 0 Å². The first-order chi connectivity index (χ1) is 19.8. The van der Waals surface area contributed by atoms with Gasteiger partial charge in [0.25, 0.3) is 0 Å². The standard InChI is InChI=1S/C36H31BN2O2/c1-35(2)36(3,4)41-37(40-35)24-19-20-30-28(23-24)34-32(39(30)26-15-9-6-10-16-26)22-21-31-33(34)27-17-11-12-18-29(27)38(31)25-13-7-5-8-14-25/h5-23H,1-4H3. The molecule has 2 aromatic heterocycles. The van der Waals surface area contributed by atoms with Gasteiger partial charge in [-0.15, -0.1) is 0 Å². The molecule has 0 unspecified atom stereocenters. The summed E-state index contributed by atoms with van der Waals surface area (Å²) in [7, 11) is -0.426. The summed E-state index contributed by atoms with van der Waals surface area (Å²) in [4.78, 5) is 0. The molecule has 0 N–H and O–H groups in total. The maximum absolute atomic E-state index is 6.49. The van der Waals surface area contributed by atoms with Crippen molar-refractivity contribution in [2.24, 2.45) is 0 Å². The molecule has 1 fully saturated rings. The summed E-state index contributed by atoms with van der Waals surface area (Å²) < 4.78 is 17.7. The molecule has 7 aromatic rings. The van der Waals surface area contributed by atoms with Crippen LogP contribution in [-0.2, 0) is 9.31 Å². The zero-order chi connectivity index (χ0) is 27.9. The Balaban J connectivity index is 1.50. The van der Waals surface area contributed by atoms with E-state index in [1.54, 1.807) is 0 Å². The number of hydrogen-bond acceptors (Lipinski definition) is 2. The number of benzene rings is 5. The molecule has 41 heavy (non-hydrogen) atoms. The van der Waals surface area contributed by atoms with Crippen LogP contribution in [-0.4, -0.2) is 27.5 Å². The zero-order valence-electron chi connectivity index (χ0n) is 23.8. The predicted molar refractivity (Wildman–Crippen MR) is 171 cm³/mol. The summed E-state index contributed by atoms with van der Waals surface area (Å²) in [6.07, 6.45) is 0. The van der Waals surface area contributed by atoms with E-state index in [4.69, 9.17) is 9.31 Å². The molecule has 200 valence electrons. The second kappa shape index (κ2) is 8.59. The molecule has 0 spiro atoms. The number of rotatable bonds is 3. The molecule has 1 aliphatic rings. The number of para-hydroxylation sites is 3. The minimum Gasteiger partial charge on any atom is -0.399 e. The second-order valence-electron chi connectivity index (χ2n) is 12.1. The van der Waals surface area contributed by atoms with Crippen LogP contribution in [0.15, 0.2) is 115 Å². The molecular weight excluding hydrogens is 503 g/mol. The Kier molecular flexibility index (Phi) is 5.13. The van der Waals surface area contributed by atoms with Crippen LogP contribution >= 0.6 is 0 Å². The van der Waals surface area contributed by atoms with Gasteiger partial charge in [-0.05, 0) is 81.7 Å². The normalized spacial score (nSPS) is 16.4. The van der Waals surface area contributed by atoms with Crippen LogP contribution in [0.3, 0.4) is 0 Å². The molecule has 4 nitrogen and oxygen atoms in total. The molecule has 0 atom stereocenters. The molecule has 0 aliphatic carbocycles. The SMILES string of the molecule is CC1(C)OB(c2ccc3c(c2)c2c4c5ccccc5n(-c5ccccc5)c4ccc2n3-c2ccccc2)OC1(C)C. The molecule has 8 rings (SSSR count). The molecule has 3 heterocycles. The van der Waals surface area contributed by atoms with Crippen LogP contribution in [0.4, 0.5) is 0 Å². The first-order valence-corrected chi connectivity index (χ1v) is 14.3. The maximum Gasteiger partial charge on any atom is 0.494 e. The zero-order valence-corrected chi connectivity index (χ0v) is 23.8. The monoisotopic (exact) mass is 534 g/mol. The van der Waals surface area contributed by atoms with Gasteiger partial charge in [-0.1, -0.05) is 66.7 Å². The third-order valence-corrected chi connectivity index (χ3v) is 9.14. The van der Waals surface area contributed by atoms with Crippen LogP contribution < -0.4 is 5.46 Å². The summed E-state index contributed by atoms with van der Waals surface area (Å²) in [5.41, 5.74) is 7.26. The lowest BCUT2D eigenvalue weighted by molar-refractivity contribution is 0.00578. The van der Waals surface area contributed by atoms with Gasteiger partial charge in [-0.2, -0.15) is 0 Å². The van der Waals surface area contributed by atoms with E-state index < -0.39 is 18.3 Å². The highest BCUT2D eigenvalue weighted by atomic mass is 16.7. The van der Waals surface area contributed by atoms with Crippen molar-refractivity contribution < 1.29 is 9.31 Å². The fourth-order valence-electron chi connectivity index (χ4n) is 6.42.